The van der Waals surface area contributed by atoms with Crippen molar-refractivity contribution in [2.75, 3.05) is 20.8 Å². The van der Waals surface area contributed by atoms with Gasteiger partial charge in [0.05, 0.1) is 18.6 Å². The molecule has 2 aromatic carbocycles. The summed E-state index contributed by atoms with van der Waals surface area (Å²) >= 11 is 6.11. The van der Waals surface area contributed by atoms with Crippen LogP contribution in [0, 0.1) is 5.41 Å². The fraction of sp³-hybridized carbons (Fsp3) is 0.346. The van der Waals surface area contributed by atoms with E-state index in [1.165, 1.54) is 20.3 Å². The fourth-order valence-electron chi connectivity index (χ4n) is 3.85. The Hall–Kier alpha value is -3.36. The molecular weight excluding hydrogens is 472 g/mol. The number of carbonyl (C=O) groups is 2. The van der Waals surface area contributed by atoms with Crippen LogP contribution in [0.15, 0.2) is 59.1 Å². The van der Waals surface area contributed by atoms with Crippen molar-refractivity contribution in [1.82, 2.24) is 10.5 Å². The lowest BCUT2D eigenvalue weighted by atomic mass is 9.79. The zero-order chi connectivity index (χ0) is 25.4. The van der Waals surface area contributed by atoms with Crippen LogP contribution in [0.1, 0.15) is 35.9 Å². The zero-order valence-corrected chi connectivity index (χ0v) is 20.7. The summed E-state index contributed by atoms with van der Waals surface area (Å²) in [5.41, 5.74) is 1.83. The van der Waals surface area contributed by atoms with Crippen molar-refractivity contribution in [3.05, 3.63) is 70.9 Å². The molecule has 0 radical (unpaired) electrons. The molecule has 0 spiro atoms. The molecule has 2 N–H and O–H groups in total. The molecule has 0 saturated heterocycles. The summed E-state index contributed by atoms with van der Waals surface area (Å²) in [5, 5.41) is 17.1. The molecule has 186 valence electrons. The van der Waals surface area contributed by atoms with Crippen LogP contribution in [-0.4, -0.2) is 49.0 Å². The molecule has 3 aromatic rings. The average molecular weight is 501 g/mol. The van der Waals surface area contributed by atoms with Gasteiger partial charge in [0.15, 0.2) is 0 Å². The van der Waals surface area contributed by atoms with Gasteiger partial charge in [0.2, 0.25) is 5.76 Å². The molecule has 1 amide bonds. The first kappa shape index (κ1) is 26.2. The van der Waals surface area contributed by atoms with E-state index >= 15 is 0 Å². The van der Waals surface area contributed by atoms with Gasteiger partial charge in [0.1, 0.15) is 0 Å². The standard InChI is InChI=1S/C26H29ClN2O6/c1-26(25(31)32,11-12-33-2)16-21(28-24(30)22-15-23(34-3)29-35-22)13-17-7-9-18(10-8-17)19-5-4-6-20(27)14-19/h4-10,14-15,21H,11-13,16H2,1-3H3,(H,28,30)(H,31,32)/t21-,26-/m1/s1. The van der Waals surface area contributed by atoms with Crippen molar-refractivity contribution < 1.29 is 28.7 Å². The maximum Gasteiger partial charge on any atom is 0.309 e. The molecule has 2 atom stereocenters. The Bertz CT molecular complexity index is 1150. The Morgan fingerprint density at radius 1 is 1.14 bits per heavy atom. The molecule has 8 nitrogen and oxygen atoms in total. The molecule has 0 saturated carbocycles. The fourth-order valence-corrected chi connectivity index (χ4v) is 4.04. The summed E-state index contributed by atoms with van der Waals surface area (Å²) in [5.74, 6) is -1.29. The van der Waals surface area contributed by atoms with Crippen LogP contribution in [-0.2, 0) is 16.0 Å². The number of aromatic nitrogens is 1. The third-order valence-electron chi connectivity index (χ3n) is 5.92. The molecule has 0 unspecified atom stereocenters. The molecular formula is C26H29ClN2O6. The van der Waals surface area contributed by atoms with E-state index in [1.54, 1.807) is 6.92 Å². The molecule has 0 fully saturated rings. The molecule has 9 heteroatoms. The third-order valence-corrected chi connectivity index (χ3v) is 6.16. The van der Waals surface area contributed by atoms with Crippen LogP contribution in [0.5, 0.6) is 5.88 Å². The normalized spacial score (nSPS) is 13.6. The lowest BCUT2D eigenvalue weighted by molar-refractivity contribution is -0.149. The molecule has 3 rings (SSSR count). The maximum atomic E-state index is 12.8. The summed E-state index contributed by atoms with van der Waals surface area (Å²) in [7, 11) is 2.95. The Morgan fingerprint density at radius 3 is 2.49 bits per heavy atom. The van der Waals surface area contributed by atoms with Gasteiger partial charge in [-0.15, -0.1) is 0 Å². The predicted molar refractivity (Wildman–Crippen MR) is 132 cm³/mol. The van der Waals surface area contributed by atoms with Gasteiger partial charge in [-0.1, -0.05) is 48.0 Å². The quantitative estimate of drug-likeness (QED) is 0.365. The summed E-state index contributed by atoms with van der Waals surface area (Å²) < 4.78 is 15.1. The monoisotopic (exact) mass is 500 g/mol. The third kappa shape index (κ3) is 7.07. The first-order chi connectivity index (χ1) is 16.7. The lowest BCUT2D eigenvalue weighted by Gasteiger charge is -2.30. The smallest absolute Gasteiger partial charge is 0.309 e. The van der Waals surface area contributed by atoms with Crippen LogP contribution < -0.4 is 10.1 Å². The van der Waals surface area contributed by atoms with E-state index in [1.807, 2.05) is 48.5 Å². The van der Waals surface area contributed by atoms with Gasteiger partial charge in [-0.05, 0) is 60.2 Å². The second-order valence-corrected chi connectivity index (χ2v) is 9.06. The van der Waals surface area contributed by atoms with Gasteiger partial charge in [0.25, 0.3) is 11.8 Å². The minimum Gasteiger partial charge on any atom is -0.481 e. The highest BCUT2D eigenvalue weighted by atomic mass is 35.5. The van der Waals surface area contributed by atoms with Crippen LogP contribution in [0.25, 0.3) is 11.1 Å². The number of hydrogen-bond acceptors (Lipinski definition) is 6. The van der Waals surface area contributed by atoms with Crippen molar-refractivity contribution in [1.29, 1.82) is 0 Å². The lowest BCUT2D eigenvalue weighted by Crippen LogP contribution is -2.43. The molecule has 0 bridgehead atoms. The maximum absolute atomic E-state index is 12.8. The van der Waals surface area contributed by atoms with Crippen molar-refractivity contribution in [2.45, 2.75) is 32.2 Å². The number of carboxylic acids is 1. The predicted octanol–water partition coefficient (Wildman–Crippen LogP) is 4.86. The average Bonchev–Trinajstić information content (AvgIpc) is 3.33. The minimum atomic E-state index is -1.10. The van der Waals surface area contributed by atoms with Crippen LogP contribution in [0.3, 0.4) is 0 Å². The topological polar surface area (TPSA) is 111 Å². The number of hydrogen-bond donors (Lipinski definition) is 2. The van der Waals surface area contributed by atoms with Crippen LogP contribution >= 0.6 is 11.6 Å². The van der Waals surface area contributed by atoms with Gasteiger partial charge in [0, 0.05) is 24.8 Å². The van der Waals surface area contributed by atoms with Crippen molar-refractivity contribution in [3.8, 4) is 17.0 Å². The van der Waals surface area contributed by atoms with Gasteiger partial charge in [-0.3, -0.25) is 9.59 Å². The summed E-state index contributed by atoms with van der Waals surface area (Å²) in [4.78, 5) is 24.9. The van der Waals surface area contributed by atoms with Crippen molar-refractivity contribution >= 4 is 23.5 Å². The second kappa shape index (κ2) is 11.9. The van der Waals surface area contributed by atoms with Gasteiger partial charge in [-0.25, -0.2) is 0 Å². The van der Waals surface area contributed by atoms with Gasteiger partial charge in [-0.2, -0.15) is 0 Å². The molecule has 1 aromatic heterocycles. The van der Waals surface area contributed by atoms with Gasteiger partial charge >= 0.3 is 5.97 Å². The molecule has 1 heterocycles. The number of aliphatic carboxylic acids is 1. The number of ether oxygens (including phenoxy) is 2. The molecule has 35 heavy (non-hydrogen) atoms. The van der Waals surface area contributed by atoms with Crippen LogP contribution in [0.2, 0.25) is 5.02 Å². The van der Waals surface area contributed by atoms with E-state index < -0.39 is 23.3 Å². The van der Waals surface area contributed by atoms with E-state index in [-0.39, 0.29) is 24.7 Å². The number of methoxy groups -OCH3 is 2. The van der Waals surface area contributed by atoms with E-state index in [0.717, 1.165) is 16.7 Å². The Labute approximate surface area is 209 Å². The Balaban J connectivity index is 1.82. The number of carbonyl (C=O) groups excluding carboxylic acids is 1. The number of nitrogens with one attached hydrogen (secondary N) is 1. The van der Waals surface area contributed by atoms with E-state index in [0.29, 0.717) is 17.9 Å². The van der Waals surface area contributed by atoms with E-state index in [9.17, 15) is 14.7 Å². The summed E-state index contributed by atoms with van der Waals surface area (Å²) in [6.07, 6.45) is 0.913. The first-order valence-corrected chi connectivity index (χ1v) is 11.5. The molecule has 0 aliphatic carbocycles. The van der Waals surface area contributed by atoms with Crippen molar-refractivity contribution in [2.24, 2.45) is 5.41 Å². The summed E-state index contributed by atoms with van der Waals surface area (Å²) in [6.45, 7) is 1.95. The number of carboxylic acid groups (broad SMARTS) is 1. The Morgan fingerprint density at radius 2 is 1.89 bits per heavy atom. The highest BCUT2D eigenvalue weighted by Crippen LogP contribution is 2.30. The summed E-state index contributed by atoms with van der Waals surface area (Å²) in [6, 6.07) is 16.3. The van der Waals surface area contributed by atoms with Crippen molar-refractivity contribution in [3.63, 3.8) is 0 Å². The number of amides is 1. The number of benzene rings is 2. The van der Waals surface area contributed by atoms with Gasteiger partial charge < -0.3 is 24.4 Å². The number of halogens is 1. The zero-order valence-electron chi connectivity index (χ0n) is 19.9. The van der Waals surface area contributed by atoms with Crippen LogP contribution in [0.4, 0.5) is 0 Å². The number of rotatable bonds is 12. The Kier molecular flexibility index (Phi) is 8.89. The second-order valence-electron chi connectivity index (χ2n) is 8.63. The highest BCUT2D eigenvalue weighted by Gasteiger charge is 2.36. The largest absolute Gasteiger partial charge is 0.481 e. The molecule has 0 aliphatic heterocycles. The first-order valence-electron chi connectivity index (χ1n) is 11.1. The van der Waals surface area contributed by atoms with E-state index in [2.05, 4.69) is 10.5 Å². The minimum absolute atomic E-state index is 0.0166. The number of nitrogens with zero attached hydrogens (tertiary/aromatic N) is 1. The van der Waals surface area contributed by atoms with E-state index in [4.69, 9.17) is 25.6 Å². The highest BCUT2D eigenvalue weighted by molar-refractivity contribution is 6.30. The molecule has 0 aliphatic rings. The SMILES string of the molecule is COCC[C@](C)(C[C@@H](Cc1ccc(-c2cccc(Cl)c2)cc1)NC(=O)c1cc(OC)no1)C(=O)O.